The Labute approximate surface area is 223 Å². The summed E-state index contributed by atoms with van der Waals surface area (Å²) < 4.78 is 10.7. The van der Waals surface area contributed by atoms with E-state index in [0.717, 1.165) is 59.6 Å². The van der Waals surface area contributed by atoms with Gasteiger partial charge in [0.1, 0.15) is 0 Å². The van der Waals surface area contributed by atoms with Gasteiger partial charge in [0.05, 0.1) is 23.9 Å². The summed E-state index contributed by atoms with van der Waals surface area (Å²) in [7, 11) is 5.13. The first kappa shape index (κ1) is 27.3. The molecule has 0 saturated carbocycles. The number of ether oxygens (including phenoxy) is 1. The zero-order valence-electron chi connectivity index (χ0n) is 21.4. The Kier molecular flexibility index (Phi) is 8.16. The molecule has 1 atom stereocenters. The second-order valence-corrected chi connectivity index (χ2v) is 9.58. The molecule has 2 aliphatic rings. The number of fused-ring (bicyclic) bond motifs is 12. The Morgan fingerprint density at radius 1 is 0.868 bits per heavy atom. The van der Waals surface area contributed by atoms with Gasteiger partial charge in [-0.3, -0.25) is 14.9 Å². The van der Waals surface area contributed by atoms with Crippen LogP contribution in [0.25, 0.3) is 33.0 Å². The molecule has 0 fully saturated rings. The van der Waals surface area contributed by atoms with Crippen molar-refractivity contribution in [2.75, 3.05) is 34.4 Å². The monoisotopic (exact) mass is 516 g/mol. The molecule has 200 valence electrons. The van der Waals surface area contributed by atoms with E-state index in [-0.39, 0.29) is 25.3 Å². The highest BCUT2D eigenvalue weighted by Gasteiger charge is 2.35. The summed E-state index contributed by atoms with van der Waals surface area (Å²) in [5, 5.41) is 11.5. The summed E-state index contributed by atoms with van der Waals surface area (Å²) in [5.41, 5.74) is 4.52. The van der Waals surface area contributed by atoms with Gasteiger partial charge in [0.15, 0.2) is 0 Å². The lowest BCUT2D eigenvalue weighted by Crippen LogP contribution is -2.30. The van der Waals surface area contributed by atoms with Crippen LogP contribution in [0.15, 0.2) is 60.9 Å². The van der Waals surface area contributed by atoms with Crippen LogP contribution in [0, 0.1) is 0 Å². The predicted octanol–water partition coefficient (Wildman–Crippen LogP) is 3.76. The van der Waals surface area contributed by atoms with Gasteiger partial charge in [0.2, 0.25) is 0 Å². The SMILES string of the molecule is C.CN(C)C[C@@H]1CCn2cc(c3ccccc32)C2=C(C(=O)NC2=O)c2cn(c3ccccc23)CCO1.CO. The number of hydrogen-bond donors (Lipinski definition) is 2. The lowest BCUT2D eigenvalue weighted by molar-refractivity contribution is -0.122. The van der Waals surface area contributed by atoms with Crippen molar-refractivity contribution >= 4 is 44.8 Å². The number of aliphatic hydroxyl groups excluding tert-OH is 1. The fourth-order valence-corrected chi connectivity index (χ4v) is 5.47. The minimum atomic E-state index is -0.348. The van der Waals surface area contributed by atoms with Crippen LogP contribution >= 0.6 is 0 Å². The maximum Gasteiger partial charge on any atom is 0.259 e. The van der Waals surface area contributed by atoms with E-state index in [9.17, 15) is 9.59 Å². The zero-order valence-corrected chi connectivity index (χ0v) is 21.4. The average Bonchev–Trinajstić information content (AvgIpc) is 3.53. The molecule has 2 aromatic carbocycles. The number of amides is 2. The quantitative estimate of drug-likeness (QED) is 0.396. The summed E-state index contributed by atoms with van der Waals surface area (Å²) in [6.07, 6.45) is 4.93. The molecule has 2 N–H and O–H groups in total. The first-order valence-corrected chi connectivity index (χ1v) is 12.5. The standard InChI is InChI=1S/C28H28N4O3.CH4O.CH4/c1-30(2)15-18-11-12-31-16-21(19-7-3-5-9-23(19)31)25-26(28(34)29-27(25)33)22-17-32(13-14-35-18)24-10-6-4-8-20(22)24;1-2;/h3-10,16-18H,11-15H2,1-2H3,(H,29,33,34);2H,1H3;1H4/t18-;;/m0../s1. The molecule has 8 nitrogen and oxygen atoms in total. The van der Waals surface area contributed by atoms with E-state index >= 15 is 0 Å². The van der Waals surface area contributed by atoms with Crippen LogP contribution in [0.5, 0.6) is 0 Å². The Morgan fingerprint density at radius 2 is 1.37 bits per heavy atom. The Balaban J connectivity index is 0.00000110. The van der Waals surface area contributed by atoms with Crippen molar-refractivity contribution in [3.8, 4) is 0 Å². The molecule has 0 aliphatic carbocycles. The molecule has 2 amide bonds. The van der Waals surface area contributed by atoms with E-state index in [4.69, 9.17) is 9.84 Å². The van der Waals surface area contributed by atoms with Gasteiger partial charge in [-0.05, 0) is 32.6 Å². The average molecular weight is 517 g/mol. The maximum absolute atomic E-state index is 13.2. The van der Waals surface area contributed by atoms with Crippen LogP contribution in [-0.4, -0.2) is 71.4 Å². The van der Waals surface area contributed by atoms with Gasteiger partial charge in [0, 0.05) is 72.1 Å². The third-order valence-corrected chi connectivity index (χ3v) is 6.99. The summed E-state index contributed by atoms with van der Waals surface area (Å²) >= 11 is 0. The molecular weight excluding hydrogens is 480 g/mol. The number of para-hydroxylation sites is 2. The Bertz CT molecular complexity index is 1510. The second kappa shape index (κ2) is 11.3. The molecule has 4 aromatic rings. The van der Waals surface area contributed by atoms with Crippen molar-refractivity contribution in [2.24, 2.45) is 0 Å². The third-order valence-electron chi connectivity index (χ3n) is 6.99. The van der Waals surface area contributed by atoms with Gasteiger partial charge in [-0.25, -0.2) is 0 Å². The molecule has 0 radical (unpaired) electrons. The van der Waals surface area contributed by atoms with E-state index in [1.165, 1.54) is 0 Å². The highest BCUT2D eigenvalue weighted by atomic mass is 16.5. The third kappa shape index (κ3) is 4.78. The minimum Gasteiger partial charge on any atom is -0.400 e. The Hall–Kier alpha value is -3.72. The molecule has 2 aromatic heterocycles. The van der Waals surface area contributed by atoms with Crippen LogP contribution in [0.1, 0.15) is 25.0 Å². The Morgan fingerprint density at radius 3 is 1.89 bits per heavy atom. The van der Waals surface area contributed by atoms with E-state index in [0.29, 0.717) is 24.3 Å². The first-order chi connectivity index (χ1) is 18.0. The van der Waals surface area contributed by atoms with Crippen molar-refractivity contribution in [1.82, 2.24) is 19.4 Å². The number of carbonyl (C=O) groups is 2. The van der Waals surface area contributed by atoms with E-state index in [1.807, 2.05) is 48.8 Å². The molecule has 0 saturated heterocycles. The maximum atomic E-state index is 13.2. The van der Waals surface area contributed by atoms with Gasteiger partial charge < -0.3 is 23.9 Å². The number of carbonyl (C=O) groups excluding carboxylic acids is 2. The number of nitrogens with zero attached hydrogens (tertiary/aromatic N) is 3. The van der Waals surface area contributed by atoms with Crippen LogP contribution in [0.4, 0.5) is 0 Å². The molecule has 38 heavy (non-hydrogen) atoms. The number of aryl methyl sites for hydroxylation is 1. The fraction of sp³-hybridized carbons (Fsp3) is 0.333. The normalized spacial score (nSPS) is 17.6. The number of aromatic nitrogens is 2. The molecule has 0 spiro atoms. The molecule has 6 rings (SSSR count). The second-order valence-electron chi connectivity index (χ2n) is 9.58. The summed E-state index contributed by atoms with van der Waals surface area (Å²) in [6.45, 7) is 2.81. The molecule has 2 aliphatic heterocycles. The highest BCUT2D eigenvalue weighted by Crippen LogP contribution is 2.39. The van der Waals surface area contributed by atoms with Crippen molar-refractivity contribution in [3.05, 3.63) is 72.1 Å². The highest BCUT2D eigenvalue weighted by molar-refractivity contribution is 6.50. The lowest BCUT2D eigenvalue weighted by Gasteiger charge is -2.22. The number of imide groups is 1. The number of benzene rings is 2. The minimum absolute atomic E-state index is 0. The number of hydrogen-bond acceptors (Lipinski definition) is 5. The first-order valence-electron chi connectivity index (χ1n) is 12.5. The topological polar surface area (TPSA) is 88.7 Å². The largest absolute Gasteiger partial charge is 0.400 e. The molecule has 8 heteroatoms. The number of nitrogens with one attached hydrogen (secondary N) is 1. The van der Waals surface area contributed by atoms with Crippen LogP contribution in [-0.2, 0) is 27.4 Å². The summed E-state index contributed by atoms with van der Waals surface area (Å²) in [4.78, 5) is 28.5. The van der Waals surface area contributed by atoms with Crippen molar-refractivity contribution < 1.29 is 19.4 Å². The molecule has 4 bridgehead atoms. The smallest absolute Gasteiger partial charge is 0.259 e. The predicted molar refractivity (Wildman–Crippen MR) is 152 cm³/mol. The van der Waals surface area contributed by atoms with Crippen molar-refractivity contribution in [2.45, 2.75) is 33.0 Å². The van der Waals surface area contributed by atoms with E-state index in [2.05, 4.69) is 45.6 Å². The van der Waals surface area contributed by atoms with Gasteiger partial charge in [0.25, 0.3) is 11.8 Å². The number of likely N-dealkylation sites (N-methyl/N-ethyl adjacent to an activating group) is 1. The number of rotatable bonds is 2. The van der Waals surface area contributed by atoms with Gasteiger partial charge >= 0.3 is 0 Å². The molecular formula is C30H36N4O4. The molecule has 4 heterocycles. The summed E-state index contributed by atoms with van der Waals surface area (Å²) in [5.74, 6) is -0.690. The van der Waals surface area contributed by atoms with E-state index < -0.39 is 0 Å². The fourth-order valence-electron chi connectivity index (χ4n) is 5.47. The van der Waals surface area contributed by atoms with Gasteiger partial charge in [-0.2, -0.15) is 0 Å². The van der Waals surface area contributed by atoms with Crippen molar-refractivity contribution in [3.63, 3.8) is 0 Å². The number of aliphatic hydroxyl groups is 1. The molecule has 0 unspecified atom stereocenters. The van der Waals surface area contributed by atoms with Crippen LogP contribution in [0.2, 0.25) is 0 Å². The van der Waals surface area contributed by atoms with Crippen LogP contribution in [0.3, 0.4) is 0 Å². The van der Waals surface area contributed by atoms with E-state index in [1.54, 1.807) is 0 Å². The summed E-state index contributed by atoms with van der Waals surface area (Å²) in [6, 6.07) is 16.1. The van der Waals surface area contributed by atoms with Gasteiger partial charge in [-0.1, -0.05) is 43.8 Å². The van der Waals surface area contributed by atoms with Gasteiger partial charge in [-0.15, -0.1) is 0 Å². The zero-order chi connectivity index (χ0) is 26.1. The van der Waals surface area contributed by atoms with Crippen LogP contribution < -0.4 is 5.32 Å². The lowest BCUT2D eigenvalue weighted by atomic mass is 9.95. The van der Waals surface area contributed by atoms with Crippen molar-refractivity contribution in [1.29, 1.82) is 0 Å².